The second-order valence-electron chi connectivity index (χ2n) is 5.99. The van der Waals surface area contributed by atoms with Crippen molar-refractivity contribution in [2.45, 2.75) is 26.7 Å². The SMILES string of the molecule is CCOc1cc(/C=N/NC(=O)CCC(=O)Nc2ccc(C)cc2)cc(I)c1O. The van der Waals surface area contributed by atoms with E-state index in [-0.39, 0.29) is 30.4 Å². The van der Waals surface area contributed by atoms with Gasteiger partial charge in [0.1, 0.15) is 0 Å². The van der Waals surface area contributed by atoms with Gasteiger partial charge in [-0.05, 0) is 66.3 Å². The molecule has 0 spiro atoms. The van der Waals surface area contributed by atoms with E-state index < -0.39 is 0 Å². The van der Waals surface area contributed by atoms with Gasteiger partial charge in [0.05, 0.1) is 16.4 Å². The predicted octanol–water partition coefficient (Wildman–Crippen LogP) is 3.57. The molecule has 0 saturated heterocycles. The molecule has 0 aliphatic rings. The normalized spacial score (nSPS) is 10.7. The molecule has 0 radical (unpaired) electrons. The quantitative estimate of drug-likeness (QED) is 0.296. The van der Waals surface area contributed by atoms with E-state index in [1.165, 1.54) is 6.21 Å². The molecule has 0 aromatic heterocycles. The number of carbonyl (C=O) groups is 2. The molecule has 2 aromatic rings. The number of benzene rings is 2. The fraction of sp³-hybridized carbons (Fsp3) is 0.250. The number of aryl methyl sites for hydroxylation is 1. The fourth-order valence-corrected chi connectivity index (χ4v) is 2.88. The van der Waals surface area contributed by atoms with Crippen molar-refractivity contribution in [3.05, 3.63) is 51.1 Å². The molecular weight excluding hydrogens is 473 g/mol. The lowest BCUT2D eigenvalue weighted by atomic mass is 10.2. The van der Waals surface area contributed by atoms with E-state index in [0.29, 0.717) is 27.2 Å². The van der Waals surface area contributed by atoms with Gasteiger partial charge in [-0.2, -0.15) is 5.10 Å². The van der Waals surface area contributed by atoms with Crippen molar-refractivity contribution >= 4 is 46.3 Å². The predicted molar refractivity (Wildman–Crippen MR) is 117 cm³/mol. The Morgan fingerprint density at radius 1 is 1.18 bits per heavy atom. The number of amides is 2. The third-order valence-corrected chi connectivity index (χ3v) is 4.49. The summed E-state index contributed by atoms with van der Waals surface area (Å²) < 4.78 is 5.97. The Morgan fingerprint density at radius 3 is 2.54 bits per heavy atom. The van der Waals surface area contributed by atoms with Gasteiger partial charge in [0.25, 0.3) is 0 Å². The van der Waals surface area contributed by atoms with Gasteiger partial charge < -0.3 is 15.2 Å². The topological polar surface area (TPSA) is 100 Å². The monoisotopic (exact) mass is 495 g/mol. The Kier molecular flexibility index (Phi) is 8.24. The smallest absolute Gasteiger partial charge is 0.240 e. The van der Waals surface area contributed by atoms with Gasteiger partial charge in [-0.1, -0.05) is 17.7 Å². The molecule has 148 valence electrons. The van der Waals surface area contributed by atoms with Crippen LogP contribution in [0.3, 0.4) is 0 Å². The lowest BCUT2D eigenvalue weighted by molar-refractivity contribution is -0.124. The number of nitrogens with zero attached hydrogens (tertiary/aromatic N) is 1. The summed E-state index contributed by atoms with van der Waals surface area (Å²) in [5.74, 6) is -0.176. The molecule has 8 heteroatoms. The molecule has 0 saturated carbocycles. The summed E-state index contributed by atoms with van der Waals surface area (Å²) in [4.78, 5) is 23.8. The number of carbonyl (C=O) groups excluding carboxylic acids is 2. The number of hydrazone groups is 1. The van der Waals surface area contributed by atoms with E-state index in [9.17, 15) is 14.7 Å². The Labute approximate surface area is 177 Å². The summed E-state index contributed by atoms with van der Waals surface area (Å²) in [6.45, 7) is 4.21. The van der Waals surface area contributed by atoms with Crippen LogP contribution in [-0.2, 0) is 9.59 Å². The number of aromatic hydroxyl groups is 1. The fourth-order valence-electron chi connectivity index (χ4n) is 2.26. The molecule has 0 aliphatic heterocycles. The van der Waals surface area contributed by atoms with E-state index in [4.69, 9.17) is 4.74 Å². The van der Waals surface area contributed by atoms with Crippen molar-refractivity contribution in [2.75, 3.05) is 11.9 Å². The van der Waals surface area contributed by atoms with Crippen molar-refractivity contribution in [2.24, 2.45) is 5.10 Å². The number of hydrogen-bond donors (Lipinski definition) is 3. The molecule has 0 unspecified atom stereocenters. The first-order valence-electron chi connectivity index (χ1n) is 8.72. The third kappa shape index (κ3) is 6.84. The number of nitrogens with one attached hydrogen (secondary N) is 2. The molecule has 0 heterocycles. The lowest BCUT2D eigenvalue weighted by Gasteiger charge is -2.08. The molecule has 0 atom stereocenters. The van der Waals surface area contributed by atoms with E-state index in [1.54, 1.807) is 12.1 Å². The van der Waals surface area contributed by atoms with Gasteiger partial charge in [0.2, 0.25) is 11.8 Å². The second-order valence-corrected chi connectivity index (χ2v) is 7.15. The molecule has 0 bridgehead atoms. The maximum Gasteiger partial charge on any atom is 0.240 e. The lowest BCUT2D eigenvalue weighted by Crippen LogP contribution is -2.20. The first-order chi connectivity index (χ1) is 13.4. The number of anilines is 1. The van der Waals surface area contributed by atoms with Crippen LogP contribution in [0.4, 0.5) is 5.69 Å². The molecule has 3 N–H and O–H groups in total. The molecule has 0 fully saturated rings. The Balaban J connectivity index is 1.81. The minimum absolute atomic E-state index is 0.0202. The maximum atomic E-state index is 11.9. The molecule has 2 amide bonds. The van der Waals surface area contributed by atoms with Gasteiger partial charge in [0.15, 0.2) is 11.5 Å². The van der Waals surface area contributed by atoms with E-state index in [1.807, 2.05) is 60.7 Å². The summed E-state index contributed by atoms with van der Waals surface area (Å²) in [5, 5.41) is 16.6. The zero-order valence-corrected chi connectivity index (χ0v) is 17.8. The highest BCUT2D eigenvalue weighted by molar-refractivity contribution is 14.1. The zero-order chi connectivity index (χ0) is 20.5. The molecule has 7 nitrogen and oxygen atoms in total. The van der Waals surface area contributed by atoms with Crippen LogP contribution in [0.5, 0.6) is 11.5 Å². The van der Waals surface area contributed by atoms with Crippen molar-refractivity contribution in [3.63, 3.8) is 0 Å². The first-order valence-corrected chi connectivity index (χ1v) is 9.80. The molecule has 0 aliphatic carbocycles. The maximum absolute atomic E-state index is 11.9. The number of rotatable bonds is 8. The van der Waals surface area contributed by atoms with Crippen LogP contribution in [0.2, 0.25) is 0 Å². The van der Waals surface area contributed by atoms with E-state index >= 15 is 0 Å². The average molecular weight is 495 g/mol. The number of halogens is 1. The molecular formula is C20H22IN3O4. The van der Waals surface area contributed by atoms with E-state index in [0.717, 1.165) is 5.56 Å². The molecule has 2 rings (SSSR count). The van der Waals surface area contributed by atoms with Gasteiger partial charge in [0, 0.05) is 18.5 Å². The average Bonchev–Trinajstić information content (AvgIpc) is 2.66. The highest BCUT2D eigenvalue weighted by Gasteiger charge is 2.09. The van der Waals surface area contributed by atoms with Crippen molar-refractivity contribution < 1.29 is 19.4 Å². The van der Waals surface area contributed by atoms with Gasteiger partial charge in [-0.15, -0.1) is 0 Å². The summed E-state index contributed by atoms with van der Waals surface area (Å²) in [6, 6.07) is 10.8. The number of phenols is 1. The summed E-state index contributed by atoms with van der Waals surface area (Å²) in [5.41, 5.74) is 4.86. The van der Waals surface area contributed by atoms with Crippen molar-refractivity contribution in [1.29, 1.82) is 0 Å². The minimum atomic E-state index is -0.367. The minimum Gasteiger partial charge on any atom is -0.504 e. The molecule has 28 heavy (non-hydrogen) atoms. The Bertz CT molecular complexity index is 866. The number of phenolic OH excluding ortho intramolecular Hbond substituents is 1. The van der Waals surface area contributed by atoms with Crippen LogP contribution in [0.1, 0.15) is 30.9 Å². The van der Waals surface area contributed by atoms with Gasteiger partial charge in [-0.3, -0.25) is 9.59 Å². The van der Waals surface area contributed by atoms with Crippen molar-refractivity contribution in [3.8, 4) is 11.5 Å². The van der Waals surface area contributed by atoms with E-state index in [2.05, 4.69) is 15.8 Å². The van der Waals surface area contributed by atoms with Crippen LogP contribution >= 0.6 is 22.6 Å². The summed E-state index contributed by atoms with van der Waals surface area (Å²) in [7, 11) is 0. The van der Waals surface area contributed by atoms with Gasteiger partial charge in [-0.25, -0.2) is 5.43 Å². The number of ether oxygens (including phenoxy) is 1. The van der Waals surface area contributed by atoms with Crippen LogP contribution in [-0.4, -0.2) is 29.7 Å². The van der Waals surface area contributed by atoms with Crippen molar-refractivity contribution in [1.82, 2.24) is 5.43 Å². The van der Waals surface area contributed by atoms with Crippen LogP contribution in [0.25, 0.3) is 0 Å². The van der Waals surface area contributed by atoms with Crippen LogP contribution in [0.15, 0.2) is 41.5 Å². The number of hydrogen-bond acceptors (Lipinski definition) is 5. The standard InChI is InChI=1S/C20H22IN3O4/c1-3-28-17-11-14(10-16(21)20(17)27)12-22-24-19(26)9-8-18(25)23-15-6-4-13(2)5-7-15/h4-7,10-12,27H,3,8-9H2,1-2H3,(H,23,25)(H,24,26)/b22-12+. The largest absolute Gasteiger partial charge is 0.504 e. The molecule has 2 aromatic carbocycles. The highest BCUT2D eigenvalue weighted by Crippen LogP contribution is 2.32. The van der Waals surface area contributed by atoms with Crippen LogP contribution < -0.4 is 15.5 Å². The third-order valence-electron chi connectivity index (χ3n) is 3.67. The summed E-state index contributed by atoms with van der Waals surface area (Å²) >= 11 is 1.99. The Morgan fingerprint density at radius 2 is 1.86 bits per heavy atom. The Hall–Kier alpha value is -2.62. The summed E-state index contributed by atoms with van der Waals surface area (Å²) in [6.07, 6.45) is 1.53. The highest BCUT2D eigenvalue weighted by atomic mass is 127. The zero-order valence-electron chi connectivity index (χ0n) is 15.7. The van der Waals surface area contributed by atoms with Gasteiger partial charge >= 0.3 is 0 Å². The first kappa shape index (κ1) is 21.7. The van der Waals surface area contributed by atoms with Crippen LogP contribution in [0, 0.1) is 10.5 Å². The second kappa shape index (κ2) is 10.6.